The van der Waals surface area contributed by atoms with Crippen molar-refractivity contribution in [1.82, 2.24) is 9.55 Å². The maximum absolute atomic E-state index is 4.81. The quantitative estimate of drug-likeness (QED) is 0.195. The highest BCUT2D eigenvalue weighted by Crippen LogP contribution is 2.50. The number of hydrogen-bond acceptors (Lipinski definition) is 2. The van der Waals surface area contributed by atoms with Crippen LogP contribution in [0.4, 0.5) is 17.2 Å². The first-order valence-electron chi connectivity index (χ1n) is 16.5. The van der Waals surface area contributed by atoms with Crippen molar-refractivity contribution in [3.63, 3.8) is 0 Å². The van der Waals surface area contributed by atoms with E-state index in [0.29, 0.717) is 5.92 Å². The van der Waals surface area contributed by atoms with E-state index in [1.807, 2.05) is 12.3 Å². The Balaban J connectivity index is 1.08. The van der Waals surface area contributed by atoms with E-state index in [2.05, 4.69) is 169 Å². The zero-order valence-electron chi connectivity index (χ0n) is 26.6. The summed E-state index contributed by atoms with van der Waals surface area (Å²) in [5, 5.41) is 1.33. The molecule has 0 aliphatic heterocycles. The van der Waals surface area contributed by atoms with Gasteiger partial charge >= 0.3 is 0 Å². The molecule has 0 N–H and O–H groups in total. The van der Waals surface area contributed by atoms with Gasteiger partial charge in [0.25, 0.3) is 0 Å². The van der Waals surface area contributed by atoms with Crippen molar-refractivity contribution in [2.45, 2.75) is 31.6 Å². The van der Waals surface area contributed by atoms with E-state index in [1.54, 1.807) is 0 Å². The monoisotopic (exact) mass is 605 g/mol. The van der Waals surface area contributed by atoms with E-state index < -0.39 is 0 Å². The lowest BCUT2D eigenvalue weighted by molar-refractivity contribution is 0.660. The summed E-state index contributed by atoms with van der Waals surface area (Å²) in [4.78, 5) is 7.09. The largest absolute Gasteiger partial charge is 0.310 e. The molecular weight excluding hydrogens is 571 g/mol. The number of benzene rings is 5. The molecule has 0 radical (unpaired) electrons. The molecule has 9 rings (SSSR count). The van der Waals surface area contributed by atoms with Crippen LogP contribution in [0, 0.1) is 0 Å². The molecule has 3 heteroatoms. The van der Waals surface area contributed by atoms with Gasteiger partial charge in [-0.2, -0.15) is 0 Å². The normalized spacial score (nSPS) is 15.7. The van der Waals surface area contributed by atoms with Crippen LogP contribution in [0.2, 0.25) is 0 Å². The van der Waals surface area contributed by atoms with Gasteiger partial charge in [-0.05, 0) is 100 Å². The molecule has 2 aliphatic carbocycles. The molecule has 0 amide bonds. The number of rotatable bonds is 5. The van der Waals surface area contributed by atoms with E-state index in [0.717, 1.165) is 23.6 Å². The molecule has 0 bridgehead atoms. The molecule has 0 fully saturated rings. The third-order valence-corrected chi connectivity index (χ3v) is 10.2. The van der Waals surface area contributed by atoms with Crippen LogP contribution >= 0.6 is 0 Å². The zero-order valence-corrected chi connectivity index (χ0v) is 26.6. The van der Waals surface area contributed by atoms with Crippen LogP contribution in [0.1, 0.15) is 47.7 Å². The number of anilines is 3. The van der Waals surface area contributed by atoms with Crippen molar-refractivity contribution < 1.29 is 0 Å². The number of para-hydroxylation sites is 2. The minimum absolute atomic E-state index is 0.0720. The first-order valence-corrected chi connectivity index (χ1v) is 16.5. The lowest BCUT2D eigenvalue weighted by Crippen LogP contribution is -2.17. The van der Waals surface area contributed by atoms with Crippen LogP contribution in [0.15, 0.2) is 152 Å². The van der Waals surface area contributed by atoms with Crippen molar-refractivity contribution in [3.8, 4) is 16.8 Å². The first kappa shape index (κ1) is 27.6. The minimum atomic E-state index is -0.0720. The van der Waals surface area contributed by atoms with E-state index >= 15 is 0 Å². The van der Waals surface area contributed by atoms with Gasteiger partial charge in [-0.15, -0.1) is 0 Å². The number of allylic oxidation sites excluding steroid dienone is 1. The standard InChI is InChI=1S/C44H35N3/c1-44(2)39-16-8-6-14-35(39)36-25-24-34(29-40(36)44)46(43-18-10-11-27-45-43)33-22-19-30(20-23-33)31-21-26-42-38(28-31)37-15-7-9-17-41(37)47(42)32-12-4-3-5-13-32/h3-27,29,31H,28H2,1-2H3. The summed E-state index contributed by atoms with van der Waals surface area (Å²) < 4.78 is 2.40. The predicted molar refractivity (Wildman–Crippen MR) is 195 cm³/mol. The van der Waals surface area contributed by atoms with Gasteiger partial charge < -0.3 is 4.57 Å². The maximum atomic E-state index is 4.81. The van der Waals surface area contributed by atoms with Crippen molar-refractivity contribution in [2.24, 2.45) is 0 Å². The van der Waals surface area contributed by atoms with Gasteiger partial charge in [0.05, 0.1) is 5.52 Å². The Kier molecular flexibility index (Phi) is 6.29. The lowest BCUT2D eigenvalue weighted by Gasteiger charge is -2.27. The molecule has 1 unspecified atom stereocenters. The number of pyridine rings is 1. The molecule has 2 aromatic heterocycles. The van der Waals surface area contributed by atoms with E-state index in [9.17, 15) is 0 Å². The smallest absolute Gasteiger partial charge is 0.137 e. The van der Waals surface area contributed by atoms with Crippen LogP contribution in [0.3, 0.4) is 0 Å². The molecule has 2 heterocycles. The van der Waals surface area contributed by atoms with E-state index in [4.69, 9.17) is 4.98 Å². The molecule has 47 heavy (non-hydrogen) atoms. The summed E-state index contributed by atoms with van der Waals surface area (Å²) in [5.74, 6) is 1.21. The van der Waals surface area contributed by atoms with E-state index in [-0.39, 0.29) is 5.41 Å². The molecule has 2 aliphatic rings. The summed E-state index contributed by atoms with van der Waals surface area (Å²) in [6.45, 7) is 4.67. The highest BCUT2D eigenvalue weighted by Gasteiger charge is 2.35. The van der Waals surface area contributed by atoms with Crippen molar-refractivity contribution in [3.05, 3.63) is 180 Å². The second-order valence-electron chi connectivity index (χ2n) is 13.2. The molecule has 0 saturated carbocycles. The van der Waals surface area contributed by atoms with Crippen LogP contribution in [-0.2, 0) is 11.8 Å². The van der Waals surface area contributed by atoms with Crippen LogP contribution in [-0.4, -0.2) is 9.55 Å². The van der Waals surface area contributed by atoms with Gasteiger partial charge in [0.2, 0.25) is 0 Å². The topological polar surface area (TPSA) is 21.1 Å². The fourth-order valence-corrected chi connectivity index (χ4v) is 7.90. The maximum Gasteiger partial charge on any atom is 0.137 e. The highest BCUT2D eigenvalue weighted by atomic mass is 15.2. The number of hydrogen-bond donors (Lipinski definition) is 0. The highest BCUT2D eigenvalue weighted by molar-refractivity contribution is 5.91. The molecule has 0 saturated heterocycles. The van der Waals surface area contributed by atoms with Gasteiger partial charge in [-0.1, -0.05) is 105 Å². The summed E-state index contributed by atoms with van der Waals surface area (Å²) in [6, 6.07) is 50.5. The lowest BCUT2D eigenvalue weighted by atomic mass is 9.82. The van der Waals surface area contributed by atoms with Crippen LogP contribution < -0.4 is 4.90 Å². The minimum Gasteiger partial charge on any atom is -0.310 e. The van der Waals surface area contributed by atoms with Crippen molar-refractivity contribution >= 4 is 34.2 Å². The Morgan fingerprint density at radius 1 is 0.681 bits per heavy atom. The molecule has 0 spiro atoms. The third kappa shape index (κ3) is 4.38. The van der Waals surface area contributed by atoms with E-state index in [1.165, 1.54) is 55.7 Å². The van der Waals surface area contributed by atoms with Crippen molar-refractivity contribution in [2.75, 3.05) is 4.90 Å². The third-order valence-electron chi connectivity index (χ3n) is 10.2. The van der Waals surface area contributed by atoms with Gasteiger partial charge in [0.1, 0.15) is 5.82 Å². The summed E-state index contributed by atoms with van der Waals surface area (Å²) in [6.07, 6.45) is 7.55. The number of nitrogens with zero attached hydrogens (tertiary/aromatic N) is 3. The molecule has 7 aromatic rings. The van der Waals surface area contributed by atoms with Gasteiger partial charge in [-0.25, -0.2) is 4.98 Å². The average Bonchev–Trinajstić information content (AvgIpc) is 3.58. The fourth-order valence-electron chi connectivity index (χ4n) is 7.90. The van der Waals surface area contributed by atoms with Crippen LogP contribution in [0.5, 0.6) is 0 Å². The van der Waals surface area contributed by atoms with Crippen LogP contribution in [0.25, 0.3) is 33.8 Å². The molecule has 226 valence electrons. The van der Waals surface area contributed by atoms with Crippen molar-refractivity contribution in [1.29, 1.82) is 0 Å². The molecular formula is C44H35N3. The van der Waals surface area contributed by atoms with Gasteiger partial charge in [0, 0.05) is 45.7 Å². The number of fused-ring (bicyclic) bond motifs is 6. The SMILES string of the molecule is CC1(C)c2ccccc2-c2ccc(N(c3ccc(C4C=Cc5c(c6ccccc6n5-c5ccccc5)C4)cc3)c3ccccn3)cc21. The zero-order chi connectivity index (χ0) is 31.5. The molecule has 1 atom stereocenters. The Bertz CT molecular complexity index is 2290. The Morgan fingerprint density at radius 3 is 2.23 bits per heavy atom. The second kappa shape index (κ2) is 10.7. The number of aromatic nitrogens is 2. The molecule has 3 nitrogen and oxygen atoms in total. The Labute approximate surface area is 276 Å². The fraction of sp³-hybridized carbons (Fsp3) is 0.114. The summed E-state index contributed by atoms with van der Waals surface area (Å²) >= 11 is 0. The Morgan fingerprint density at radius 2 is 1.40 bits per heavy atom. The first-order chi connectivity index (χ1) is 23.1. The Hall–Kier alpha value is -5.67. The molecule has 5 aromatic carbocycles. The van der Waals surface area contributed by atoms with Gasteiger partial charge in [-0.3, -0.25) is 4.90 Å². The predicted octanol–water partition coefficient (Wildman–Crippen LogP) is 11.2. The second-order valence-corrected chi connectivity index (χ2v) is 13.2. The summed E-state index contributed by atoms with van der Waals surface area (Å²) in [5.41, 5.74) is 14.0. The van der Waals surface area contributed by atoms with Gasteiger partial charge in [0.15, 0.2) is 0 Å². The summed E-state index contributed by atoms with van der Waals surface area (Å²) in [7, 11) is 0. The average molecular weight is 606 g/mol.